The number of phenolic OH excluding ortho intramolecular Hbond substituents is 1. The number of carbonyl (C=O) groups is 3. The molecule has 226 valence electrons. The zero-order chi connectivity index (χ0) is 31.4. The monoisotopic (exact) mass is 588 g/mol. The van der Waals surface area contributed by atoms with E-state index in [1.165, 1.54) is 6.07 Å². The van der Waals surface area contributed by atoms with E-state index in [9.17, 15) is 34.8 Å². The molecule has 7 N–H and O–H groups in total. The Morgan fingerprint density at radius 1 is 1.16 bits per heavy atom. The van der Waals surface area contributed by atoms with Crippen LogP contribution in [-0.4, -0.2) is 50.6 Å². The second-order valence-electron chi connectivity index (χ2n) is 11.7. The molecule has 3 aliphatic rings. The highest BCUT2D eigenvalue weighted by Crippen LogP contribution is 2.55. The SMILES string of the molecule is C/C=C/NCc1ccc(OC)c(-c2ccc(O)c3c2C[C@H]2C[C@H]4[C@H](C(C)C)C(=O)C(C(N)=O)=C(O)[C@@]4(O)C(=O)C2=C3O)c1. The van der Waals surface area contributed by atoms with Crippen molar-refractivity contribution in [1.29, 1.82) is 0 Å². The Morgan fingerprint density at radius 2 is 1.88 bits per heavy atom. The Bertz CT molecular complexity index is 1640. The lowest BCUT2D eigenvalue weighted by molar-refractivity contribution is -0.155. The number of Topliss-reactive ketones (excluding diaryl/α,β-unsaturated/α-hetero) is 2. The first-order chi connectivity index (χ1) is 20.4. The minimum atomic E-state index is -2.64. The first-order valence-corrected chi connectivity index (χ1v) is 14.2. The van der Waals surface area contributed by atoms with E-state index in [-0.39, 0.29) is 29.7 Å². The smallest absolute Gasteiger partial charge is 0.255 e. The number of carbonyl (C=O) groups excluding carboxylic acids is 3. The zero-order valence-corrected chi connectivity index (χ0v) is 24.5. The highest BCUT2D eigenvalue weighted by atomic mass is 16.5. The number of fused-ring (bicyclic) bond motifs is 3. The number of benzene rings is 2. The number of ketones is 2. The van der Waals surface area contributed by atoms with Crippen molar-refractivity contribution >= 4 is 23.2 Å². The summed E-state index contributed by atoms with van der Waals surface area (Å²) in [7, 11) is 1.55. The summed E-state index contributed by atoms with van der Waals surface area (Å²) >= 11 is 0. The van der Waals surface area contributed by atoms with Crippen molar-refractivity contribution in [3.8, 4) is 22.6 Å². The quantitative estimate of drug-likeness (QED) is 0.264. The Hall–Kier alpha value is -4.57. The molecular formula is C33H36N2O8. The minimum absolute atomic E-state index is 0.0320. The van der Waals surface area contributed by atoms with Gasteiger partial charge >= 0.3 is 0 Å². The molecule has 0 unspecified atom stereocenters. The molecule has 43 heavy (non-hydrogen) atoms. The third kappa shape index (κ3) is 4.48. The third-order valence-electron chi connectivity index (χ3n) is 9.00. The van der Waals surface area contributed by atoms with Crippen molar-refractivity contribution in [3.63, 3.8) is 0 Å². The van der Waals surface area contributed by atoms with Crippen LogP contribution in [0.4, 0.5) is 0 Å². The molecule has 0 saturated heterocycles. The van der Waals surface area contributed by atoms with Gasteiger partial charge in [-0.15, -0.1) is 0 Å². The number of ether oxygens (including phenoxy) is 1. The fourth-order valence-electron chi connectivity index (χ4n) is 7.11. The van der Waals surface area contributed by atoms with Crippen LogP contribution in [0.25, 0.3) is 16.9 Å². The lowest BCUT2D eigenvalue weighted by Gasteiger charge is -2.50. The lowest BCUT2D eigenvalue weighted by Crippen LogP contribution is -2.62. The van der Waals surface area contributed by atoms with Gasteiger partial charge in [-0.25, -0.2) is 0 Å². The summed E-state index contributed by atoms with van der Waals surface area (Å²) in [5.74, 6) is -7.44. The summed E-state index contributed by atoms with van der Waals surface area (Å²) in [6, 6.07) is 8.85. The van der Waals surface area contributed by atoms with Gasteiger partial charge in [-0.2, -0.15) is 0 Å². The molecule has 0 radical (unpaired) electrons. The van der Waals surface area contributed by atoms with Crippen LogP contribution in [0.2, 0.25) is 0 Å². The summed E-state index contributed by atoms with van der Waals surface area (Å²) in [5, 5.41) is 48.6. The molecule has 0 heterocycles. The molecule has 0 spiro atoms. The number of nitrogens with one attached hydrogen (secondary N) is 1. The normalized spacial score (nSPS) is 25.1. The second kappa shape index (κ2) is 10.9. The standard InChI is InChI=1S/C33H36N2O8/c1-5-10-35-14-16-6-9-23(43-4)19(11-16)18-7-8-22(36)26-20(18)12-17-13-21-24(15(2)3)28(37)27(32(34)41)31(40)33(21,42)30(39)25(17)29(26)38/h5-11,15,17,21,24,35-36,38,40,42H,12-14H2,1-4H3,(H2,34,41)/b10-5+/t17-,21-,24-,33-/m0/s1. The van der Waals surface area contributed by atoms with E-state index in [1.54, 1.807) is 27.0 Å². The van der Waals surface area contributed by atoms with E-state index >= 15 is 0 Å². The first kappa shape index (κ1) is 29.9. The Labute approximate surface area is 249 Å². The van der Waals surface area contributed by atoms with Crippen LogP contribution in [0.5, 0.6) is 11.5 Å². The van der Waals surface area contributed by atoms with Crippen LogP contribution in [0.3, 0.4) is 0 Å². The van der Waals surface area contributed by atoms with Gasteiger partial charge in [0.25, 0.3) is 5.91 Å². The van der Waals surface area contributed by atoms with Crippen LogP contribution in [-0.2, 0) is 27.3 Å². The molecule has 10 nitrogen and oxygen atoms in total. The predicted molar refractivity (Wildman–Crippen MR) is 159 cm³/mol. The number of amides is 1. The van der Waals surface area contributed by atoms with Crippen LogP contribution >= 0.6 is 0 Å². The summed E-state index contributed by atoms with van der Waals surface area (Å²) in [5.41, 5.74) is 4.73. The molecule has 1 fully saturated rings. The second-order valence-corrected chi connectivity index (χ2v) is 11.7. The third-order valence-corrected chi connectivity index (χ3v) is 9.00. The van der Waals surface area contributed by atoms with Crippen LogP contribution in [0.1, 0.15) is 43.9 Å². The maximum atomic E-state index is 14.1. The largest absolute Gasteiger partial charge is 0.508 e. The summed E-state index contributed by atoms with van der Waals surface area (Å²) in [6.45, 7) is 5.91. The van der Waals surface area contributed by atoms with E-state index in [2.05, 4.69) is 5.32 Å². The predicted octanol–water partition coefficient (Wildman–Crippen LogP) is 3.60. The van der Waals surface area contributed by atoms with Gasteiger partial charge in [0, 0.05) is 29.5 Å². The molecule has 2 aromatic rings. The maximum Gasteiger partial charge on any atom is 0.255 e. The van der Waals surface area contributed by atoms with E-state index < -0.39 is 63.8 Å². The molecular weight excluding hydrogens is 552 g/mol. The van der Waals surface area contributed by atoms with Crippen LogP contribution < -0.4 is 15.8 Å². The molecule has 0 aliphatic heterocycles. The molecule has 5 rings (SSSR count). The fraction of sp³-hybridized carbons (Fsp3) is 0.364. The van der Waals surface area contributed by atoms with E-state index in [0.717, 1.165) is 5.56 Å². The van der Waals surface area contributed by atoms with Crippen LogP contribution in [0.15, 0.2) is 59.5 Å². The lowest BCUT2D eigenvalue weighted by atomic mass is 9.54. The molecule has 1 amide bonds. The van der Waals surface area contributed by atoms with Crippen molar-refractivity contribution in [2.75, 3.05) is 7.11 Å². The number of primary amides is 1. The van der Waals surface area contributed by atoms with Gasteiger partial charge in [0.05, 0.1) is 12.7 Å². The van der Waals surface area contributed by atoms with E-state index in [4.69, 9.17) is 10.5 Å². The van der Waals surface area contributed by atoms with E-state index in [0.29, 0.717) is 29.0 Å². The zero-order valence-electron chi connectivity index (χ0n) is 24.5. The van der Waals surface area contributed by atoms with Crippen molar-refractivity contribution in [2.45, 2.75) is 45.8 Å². The average molecular weight is 589 g/mol. The maximum absolute atomic E-state index is 14.1. The molecule has 3 aliphatic carbocycles. The van der Waals surface area contributed by atoms with Gasteiger partial charge in [-0.1, -0.05) is 32.1 Å². The Morgan fingerprint density at radius 3 is 2.51 bits per heavy atom. The van der Waals surface area contributed by atoms with Crippen molar-refractivity contribution in [3.05, 3.63) is 76.2 Å². The average Bonchev–Trinajstić information content (AvgIpc) is 2.95. The topological polar surface area (TPSA) is 179 Å². The van der Waals surface area contributed by atoms with Gasteiger partial charge in [0.2, 0.25) is 5.78 Å². The minimum Gasteiger partial charge on any atom is -0.508 e. The van der Waals surface area contributed by atoms with Crippen molar-refractivity contribution in [1.82, 2.24) is 5.32 Å². The number of hydrogen-bond acceptors (Lipinski definition) is 9. The highest BCUT2D eigenvalue weighted by Gasteiger charge is 2.64. The van der Waals surface area contributed by atoms with Crippen molar-refractivity contribution in [2.24, 2.45) is 29.4 Å². The molecule has 10 heteroatoms. The van der Waals surface area contributed by atoms with E-state index in [1.807, 2.05) is 37.4 Å². The Kier molecular flexibility index (Phi) is 7.60. The van der Waals surface area contributed by atoms with Gasteiger partial charge in [-0.05, 0) is 72.7 Å². The fourth-order valence-corrected chi connectivity index (χ4v) is 7.11. The summed E-state index contributed by atoms with van der Waals surface area (Å²) in [4.78, 5) is 39.6. The van der Waals surface area contributed by atoms with Gasteiger partial charge in [0.1, 0.15) is 28.6 Å². The number of aliphatic hydroxyl groups excluding tert-OH is 2. The first-order valence-electron chi connectivity index (χ1n) is 14.2. The number of rotatable bonds is 7. The van der Waals surface area contributed by atoms with Gasteiger partial charge in [0.15, 0.2) is 11.4 Å². The number of allylic oxidation sites excluding steroid dienone is 1. The van der Waals surface area contributed by atoms with Gasteiger partial charge in [-0.3, -0.25) is 14.4 Å². The molecule has 2 aromatic carbocycles. The Balaban J connectivity index is 1.70. The number of hydrogen-bond donors (Lipinski definition) is 6. The van der Waals surface area contributed by atoms with Crippen molar-refractivity contribution < 1.29 is 39.5 Å². The molecule has 1 saturated carbocycles. The number of nitrogens with two attached hydrogens (primary N) is 1. The highest BCUT2D eigenvalue weighted by molar-refractivity contribution is 6.23. The summed E-state index contributed by atoms with van der Waals surface area (Å²) < 4.78 is 5.66. The molecule has 0 aromatic heterocycles. The molecule has 4 atom stereocenters. The van der Waals surface area contributed by atoms with Gasteiger partial charge < -0.3 is 36.2 Å². The number of methoxy groups -OCH3 is 1. The number of aliphatic hydroxyl groups is 3. The molecule has 0 bridgehead atoms. The number of phenols is 1. The number of aromatic hydroxyl groups is 1. The van der Waals surface area contributed by atoms with Crippen LogP contribution in [0, 0.1) is 23.7 Å². The summed E-state index contributed by atoms with van der Waals surface area (Å²) in [6.07, 6.45) is 3.95.